The van der Waals surface area contributed by atoms with Crippen molar-refractivity contribution in [3.05, 3.63) is 29.8 Å². The van der Waals surface area contributed by atoms with E-state index in [4.69, 9.17) is 15.2 Å². The summed E-state index contributed by atoms with van der Waals surface area (Å²) in [5, 5.41) is 9.59. The van der Waals surface area contributed by atoms with Crippen LogP contribution in [0, 0.1) is 0 Å². The molecule has 0 aliphatic rings. The molecule has 96 valence electrons. The van der Waals surface area contributed by atoms with E-state index < -0.39 is 6.10 Å². The Kier molecular flexibility index (Phi) is 6.62. The van der Waals surface area contributed by atoms with Gasteiger partial charge in [-0.1, -0.05) is 19.1 Å². The third-order valence-corrected chi connectivity index (χ3v) is 2.24. The lowest BCUT2D eigenvalue weighted by atomic mass is 10.2. The van der Waals surface area contributed by atoms with Crippen LogP contribution in [0.3, 0.4) is 0 Å². The van der Waals surface area contributed by atoms with Crippen molar-refractivity contribution in [1.29, 1.82) is 0 Å². The average Bonchev–Trinajstić information content (AvgIpc) is 2.37. The Morgan fingerprint density at radius 1 is 1.35 bits per heavy atom. The molecule has 0 aliphatic carbocycles. The first-order chi connectivity index (χ1) is 8.26. The van der Waals surface area contributed by atoms with Crippen LogP contribution in [0.2, 0.25) is 0 Å². The molecule has 1 aromatic rings. The Labute approximate surface area is 102 Å². The molecule has 0 saturated heterocycles. The zero-order valence-corrected chi connectivity index (χ0v) is 10.3. The Balaban J connectivity index is 2.28. The summed E-state index contributed by atoms with van der Waals surface area (Å²) in [4.78, 5) is 0. The monoisotopic (exact) mass is 239 g/mol. The molecule has 0 aliphatic heterocycles. The molecule has 0 saturated carbocycles. The van der Waals surface area contributed by atoms with Crippen LogP contribution in [0.25, 0.3) is 0 Å². The first-order valence-corrected chi connectivity index (χ1v) is 5.94. The standard InChI is InChI=1S/C13H21NO3/c1-2-6-16-9-12(15)10-17-13-5-3-4-11(7-13)8-14/h3-5,7,12,15H,2,6,8-10,14H2,1H3. The quantitative estimate of drug-likeness (QED) is 0.671. The molecule has 0 fully saturated rings. The number of benzene rings is 1. The van der Waals surface area contributed by atoms with Crippen LogP contribution >= 0.6 is 0 Å². The molecule has 0 bridgehead atoms. The zero-order chi connectivity index (χ0) is 12.5. The summed E-state index contributed by atoms with van der Waals surface area (Å²) in [6.45, 7) is 3.72. The molecule has 0 amide bonds. The summed E-state index contributed by atoms with van der Waals surface area (Å²) in [5.74, 6) is 0.725. The van der Waals surface area contributed by atoms with Crippen LogP contribution < -0.4 is 10.5 Å². The molecule has 3 N–H and O–H groups in total. The van der Waals surface area contributed by atoms with E-state index in [1.807, 2.05) is 31.2 Å². The summed E-state index contributed by atoms with van der Waals surface area (Å²) < 4.78 is 10.7. The van der Waals surface area contributed by atoms with Crippen LogP contribution in [-0.2, 0) is 11.3 Å². The van der Waals surface area contributed by atoms with Gasteiger partial charge in [0.15, 0.2) is 0 Å². The van der Waals surface area contributed by atoms with Crippen molar-refractivity contribution in [1.82, 2.24) is 0 Å². The zero-order valence-electron chi connectivity index (χ0n) is 10.3. The third kappa shape index (κ3) is 5.68. The Hall–Kier alpha value is -1.10. The lowest BCUT2D eigenvalue weighted by molar-refractivity contribution is 0.0123. The number of aliphatic hydroxyl groups excluding tert-OH is 1. The molecule has 17 heavy (non-hydrogen) atoms. The van der Waals surface area contributed by atoms with Crippen molar-refractivity contribution in [2.45, 2.75) is 26.0 Å². The fourth-order valence-corrected chi connectivity index (χ4v) is 1.37. The van der Waals surface area contributed by atoms with Gasteiger partial charge in [-0.05, 0) is 24.1 Å². The highest BCUT2D eigenvalue weighted by Gasteiger charge is 2.05. The fourth-order valence-electron chi connectivity index (χ4n) is 1.37. The number of nitrogens with two attached hydrogens (primary N) is 1. The molecule has 1 rings (SSSR count). The van der Waals surface area contributed by atoms with E-state index in [0.29, 0.717) is 19.8 Å². The van der Waals surface area contributed by atoms with Gasteiger partial charge in [0.1, 0.15) is 18.5 Å². The van der Waals surface area contributed by atoms with E-state index in [2.05, 4.69) is 0 Å². The maximum absolute atomic E-state index is 9.59. The first kappa shape index (κ1) is 14.0. The SMILES string of the molecule is CCCOCC(O)COc1cccc(CN)c1. The van der Waals surface area contributed by atoms with Crippen LogP contribution in [0.5, 0.6) is 5.75 Å². The topological polar surface area (TPSA) is 64.7 Å². The molecule has 0 heterocycles. The van der Waals surface area contributed by atoms with Gasteiger partial charge >= 0.3 is 0 Å². The van der Waals surface area contributed by atoms with Gasteiger partial charge in [-0.3, -0.25) is 0 Å². The highest BCUT2D eigenvalue weighted by molar-refractivity contribution is 5.28. The fraction of sp³-hybridized carbons (Fsp3) is 0.538. The van der Waals surface area contributed by atoms with Gasteiger partial charge in [-0.25, -0.2) is 0 Å². The van der Waals surface area contributed by atoms with E-state index in [-0.39, 0.29) is 6.61 Å². The van der Waals surface area contributed by atoms with Crippen molar-refractivity contribution in [2.24, 2.45) is 5.73 Å². The van der Waals surface area contributed by atoms with Crippen LogP contribution in [0.4, 0.5) is 0 Å². The van der Waals surface area contributed by atoms with Gasteiger partial charge in [-0.15, -0.1) is 0 Å². The summed E-state index contributed by atoms with van der Waals surface area (Å²) in [5.41, 5.74) is 6.54. The average molecular weight is 239 g/mol. The Morgan fingerprint density at radius 3 is 2.88 bits per heavy atom. The molecular weight excluding hydrogens is 218 g/mol. The van der Waals surface area contributed by atoms with Crippen LogP contribution in [0.1, 0.15) is 18.9 Å². The molecule has 4 nitrogen and oxygen atoms in total. The van der Waals surface area contributed by atoms with Crippen LogP contribution in [0.15, 0.2) is 24.3 Å². The van der Waals surface area contributed by atoms with Crippen LogP contribution in [-0.4, -0.2) is 31.0 Å². The molecule has 0 spiro atoms. The van der Waals surface area contributed by atoms with E-state index in [0.717, 1.165) is 17.7 Å². The summed E-state index contributed by atoms with van der Waals surface area (Å²) in [6.07, 6.45) is 0.356. The number of ether oxygens (including phenoxy) is 2. The molecule has 0 aromatic heterocycles. The minimum absolute atomic E-state index is 0.234. The van der Waals surface area contributed by atoms with Gasteiger partial charge in [0.05, 0.1) is 6.61 Å². The second kappa shape index (κ2) is 8.06. The normalized spacial score (nSPS) is 12.4. The molecule has 1 unspecified atom stereocenters. The summed E-state index contributed by atoms with van der Waals surface area (Å²) >= 11 is 0. The van der Waals surface area contributed by atoms with Crippen molar-refractivity contribution in [3.63, 3.8) is 0 Å². The molecule has 0 radical (unpaired) electrons. The van der Waals surface area contributed by atoms with E-state index in [1.54, 1.807) is 0 Å². The lowest BCUT2D eigenvalue weighted by Gasteiger charge is -2.13. The number of hydrogen-bond acceptors (Lipinski definition) is 4. The van der Waals surface area contributed by atoms with Gasteiger partial charge in [-0.2, -0.15) is 0 Å². The number of aliphatic hydroxyl groups is 1. The molecular formula is C13H21NO3. The maximum atomic E-state index is 9.59. The Bertz CT molecular complexity index is 317. The van der Waals surface area contributed by atoms with E-state index in [1.165, 1.54) is 0 Å². The highest BCUT2D eigenvalue weighted by Crippen LogP contribution is 2.13. The molecule has 1 atom stereocenters. The Morgan fingerprint density at radius 2 is 2.18 bits per heavy atom. The van der Waals surface area contributed by atoms with Crippen molar-refractivity contribution in [3.8, 4) is 5.75 Å². The molecule has 4 heteroatoms. The van der Waals surface area contributed by atoms with Crippen molar-refractivity contribution in [2.75, 3.05) is 19.8 Å². The van der Waals surface area contributed by atoms with Gasteiger partial charge in [0.2, 0.25) is 0 Å². The lowest BCUT2D eigenvalue weighted by Crippen LogP contribution is -2.23. The number of hydrogen-bond donors (Lipinski definition) is 2. The predicted octanol–water partition coefficient (Wildman–Crippen LogP) is 1.31. The highest BCUT2D eigenvalue weighted by atomic mass is 16.5. The van der Waals surface area contributed by atoms with E-state index in [9.17, 15) is 5.11 Å². The smallest absolute Gasteiger partial charge is 0.119 e. The van der Waals surface area contributed by atoms with Gasteiger partial charge in [0.25, 0.3) is 0 Å². The van der Waals surface area contributed by atoms with Gasteiger partial charge < -0.3 is 20.3 Å². The second-order valence-electron chi connectivity index (χ2n) is 3.89. The minimum atomic E-state index is -0.594. The largest absolute Gasteiger partial charge is 0.491 e. The van der Waals surface area contributed by atoms with Crippen molar-refractivity contribution >= 4 is 0 Å². The third-order valence-electron chi connectivity index (χ3n) is 2.24. The maximum Gasteiger partial charge on any atom is 0.119 e. The van der Waals surface area contributed by atoms with E-state index >= 15 is 0 Å². The second-order valence-corrected chi connectivity index (χ2v) is 3.89. The van der Waals surface area contributed by atoms with Gasteiger partial charge in [0, 0.05) is 13.2 Å². The number of rotatable bonds is 8. The summed E-state index contributed by atoms with van der Waals surface area (Å²) in [7, 11) is 0. The first-order valence-electron chi connectivity index (χ1n) is 5.94. The van der Waals surface area contributed by atoms with Crippen molar-refractivity contribution < 1.29 is 14.6 Å². The minimum Gasteiger partial charge on any atom is -0.491 e. The molecule has 1 aromatic carbocycles. The predicted molar refractivity (Wildman–Crippen MR) is 66.9 cm³/mol. The summed E-state index contributed by atoms with van der Waals surface area (Å²) in [6, 6.07) is 7.55.